The lowest BCUT2D eigenvalue weighted by Gasteiger charge is -2.21. The summed E-state index contributed by atoms with van der Waals surface area (Å²) in [6.07, 6.45) is 0. The van der Waals surface area contributed by atoms with E-state index in [1.54, 1.807) is 7.05 Å². The third-order valence-electron chi connectivity index (χ3n) is 2.78. The van der Waals surface area contributed by atoms with E-state index in [9.17, 15) is 14.7 Å². The Balaban J connectivity index is 2.82. The van der Waals surface area contributed by atoms with Gasteiger partial charge in [0, 0.05) is 38.9 Å². The summed E-state index contributed by atoms with van der Waals surface area (Å²) in [6.45, 7) is 1.55. The van der Waals surface area contributed by atoms with Gasteiger partial charge in [0.05, 0.1) is 12.2 Å². The Hall–Kier alpha value is -1.44. The lowest BCUT2D eigenvalue weighted by atomic mass is 10.1. The lowest BCUT2D eigenvalue weighted by molar-refractivity contribution is 0.00243. The first-order valence-electron chi connectivity index (χ1n) is 5.58. The highest BCUT2D eigenvalue weighted by molar-refractivity contribution is 5.02. The molecule has 0 saturated heterocycles. The Kier molecular flexibility index (Phi) is 4.44. The average Bonchev–Trinajstić information content (AvgIpc) is 2.33. The van der Waals surface area contributed by atoms with Crippen molar-refractivity contribution in [2.75, 3.05) is 13.2 Å². The van der Waals surface area contributed by atoms with Crippen LogP contribution in [0.25, 0.3) is 0 Å². The number of hydrogen-bond donors (Lipinski definition) is 3. The number of nitrogens with zero attached hydrogens (tertiary/aromatic N) is 2. The quantitative estimate of drug-likeness (QED) is 0.562. The molecule has 1 aromatic rings. The normalized spacial score (nSPS) is 14.5. The fourth-order valence-corrected chi connectivity index (χ4v) is 1.46. The minimum atomic E-state index is -1.22. The first kappa shape index (κ1) is 14.6. The summed E-state index contributed by atoms with van der Waals surface area (Å²) < 4.78 is 2.38. The molecule has 0 spiro atoms. The van der Waals surface area contributed by atoms with Gasteiger partial charge in [-0.2, -0.15) is 0 Å². The predicted molar refractivity (Wildman–Crippen MR) is 66.3 cm³/mol. The smallest absolute Gasteiger partial charge is 0.330 e. The van der Waals surface area contributed by atoms with E-state index >= 15 is 0 Å². The summed E-state index contributed by atoms with van der Waals surface area (Å²) in [7, 11) is 2.99. The predicted octanol–water partition coefficient (Wildman–Crippen LogP) is -2.08. The van der Waals surface area contributed by atoms with Crippen molar-refractivity contribution < 1.29 is 10.2 Å². The van der Waals surface area contributed by atoms with E-state index < -0.39 is 11.3 Å². The lowest BCUT2D eigenvalue weighted by Crippen LogP contribution is -2.43. The molecule has 1 unspecified atom stereocenters. The molecule has 0 saturated carbocycles. The van der Waals surface area contributed by atoms with Gasteiger partial charge in [0.1, 0.15) is 0 Å². The molecule has 0 radical (unpaired) electrons. The summed E-state index contributed by atoms with van der Waals surface area (Å²) in [6, 6.07) is 1.36. The molecule has 0 aliphatic rings. The second kappa shape index (κ2) is 5.47. The summed E-state index contributed by atoms with van der Waals surface area (Å²) in [5, 5.41) is 21.3. The van der Waals surface area contributed by atoms with Crippen LogP contribution in [0.3, 0.4) is 0 Å². The third-order valence-corrected chi connectivity index (χ3v) is 2.78. The molecule has 0 aliphatic heterocycles. The summed E-state index contributed by atoms with van der Waals surface area (Å²) in [5.41, 5.74) is -1.47. The molecular formula is C11H19N3O4. The summed E-state index contributed by atoms with van der Waals surface area (Å²) in [5.74, 6) is 0. The van der Waals surface area contributed by atoms with Crippen LogP contribution in [0.4, 0.5) is 0 Å². The maximum atomic E-state index is 11.6. The largest absolute Gasteiger partial charge is 0.393 e. The van der Waals surface area contributed by atoms with Gasteiger partial charge in [-0.05, 0) is 6.92 Å². The number of nitrogens with one attached hydrogen (secondary N) is 1. The van der Waals surface area contributed by atoms with Crippen molar-refractivity contribution in [3.8, 4) is 0 Å². The standard InChI is InChI=1S/C11H19N3O4/c1-11(18,7-15)6-12-5-8-4-9(16)14(3)10(17)13(8)2/h4,12,15,18H,5-7H2,1-3H3. The summed E-state index contributed by atoms with van der Waals surface area (Å²) >= 11 is 0. The molecule has 0 aliphatic carbocycles. The zero-order valence-electron chi connectivity index (χ0n) is 10.8. The van der Waals surface area contributed by atoms with Crippen LogP contribution >= 0.6 is 0 Å². The molecule has 1 aromatic heterocycles. The van der Waals surface area contributed by atoms with Crippen molar-refractivity contribution in [3.05, 3.63) is 32.6 Å². The van der Waals surface area contributed by atoms with Gasteiger partial charge in [-0.25, -0.2) is 4.79 Å². The molecular weight excluding hydrogens is 238 g/mol. The number of rotatable bonds is 5. The van der Waals surface area contributed by atoms with E-state index in [1.165, 1.54) is 24.6 Å². The highest BCUT2D eigenvalue weighted by Crippen LogP contribution is 1.99. The van der Waals surface area contributed by atoms with Crippen LogP contribution < -0.4 is 16.6 Å². The molecule has 7 heteroatoms. The number of aliphatic hydroxyl groups is 2. The van der Waals surface area contributed by atoms with Gasteiger partial charge in [-0.15, -0.1) is 0 Å². The molecule has 3 N–H and O–H groups in total. The highest BCUT2D eigenvalue weighted by atomic mass is 16.3. The van der Waals surface area contributed by atoms with E-state index in [1.807, 2.05) is 0 Å². The number of aliphatic hydroxyl groups excluding tert-OH is 1. The Morgan fingerprint density at radius 2 is 1.94 bits per heavy atom. The molecule has 102 valence electrons. The van der Waals surface area contributed by atoms with Crippen LogP contribution in [0.2, 0.25) is 0 Å². The van der Waals surface area contributed by atoms with Crippen LogP contribution in [0.1, 0.15) is 12.6 Å². The summed E-state index contributed by atoms with van der Waals surface area (Å²) in [4.78, 5) is 23.1. The molecule has 0 bridgehead atoms. The van der Waals surface area contributed by atoms with Crippen molar-refractivity contribution in [2.24, 2.45) is 14.1 Å². The monoisotopic (exact) mass is 257 g/mol. The van der Waals surface area contributed by atoms with Crippen molar-refractivity contribution >= 4 is 0 Å². The molecule has 1 atom stereocenters. The van der Waals surface area contributed by atoms with Crippen LogP contribution in [0.15, 0.2) is 15.7 Å². The van der Waals surface area contributed by atoms with Crippen LogP contribution in [-0.2, 0) is 20.6 Å². The van der Waals surface area contributed by atoms with Gasteiger partial charge in [-0.1, -0.05) is 0 Å². The first-order valence-corrected chi connectivity index (χ1v) is 5.58. The minimum absolute atomic E-state index is 0.160. The van der Waals surface area contributed by atoms with Crippen LogP contribution in [-0.4, -0.2) is 38.1 Å². The Morgan fingerprint density at radius 1 is 1.33 bits per heavy atom. The fourth-order valence-electron chi connectivity index (χ4n) is 1.46. The van der Waals surface area contributed by atoms with E-state index in [4.69, 9.17) is 5.11 Å². The second-order valence-electron chi connectivity index (χ2n) is 4.63. The number of hydrogen-bond acceptors (Lipinski definition) is 5. The zero-order chi connectivity index (χ0) is 13.9. The van der Waals surface area contributed by atoms with E-state index in [-0.39, 0.29) is 25.3 Å². The van der Waals surface area contributed by atoms with Crippen LogP contribution in [0, 0.1) is 0 Å². The molecule has 0 amide bonds. The van der Waals surface area contributed by atoms with Gasteiger partial charge < -0.3 is 15.5 Å². The van der Waals surface area contributed by atoms with E-state index in [2.05, 4.69) is 5.32 Å². The topological polar surface area (TPSA) is 96.5 Å². The molecule has 0 fully saturated rings. The SMILES string of the molecule is Cn1c(CNCC(C)(O)CO)cc(=O)n(C)c1=O. The third kappa shape index (κ3) is 3.28. The van der Waals surface area contributed by atoms with Crippen molar-refractivity contribution in [1.82, 2.24) is 14.5 Å². The van der Waals surface area contributed by atoms with Crippen molar-refractivity contribution in [3.63, 3.8) is 0 Å². The molecule has 7 nitrogen and oxygen atoms in total. The molecule has 0 aromatic carbocycles. The average molecular weight is 257 g/mol. The van der Waals surface area contributed by atoms with Gasteiger partial charge in [0.25, 0.3) is 5.56 Å². The van der Waals surface area contributed by atoms with Crippen LogP contribution in [0.5, 0.6) is 0 Å². The highest BCUT2D eigenvalue weighted by Gasteiger charge is 2.18. The Bertz CT molecular complexity index is 530. The van der Waals surface area contributed by atoms with E-state index in [0.29, 0.717) is 5.69 Å². The zero-order valence-corrected chi connectivity index (χ0v) is 10.8. The maximum Gasteiger partial charge on any atom is 0.330 e. The Labute approximate surface area is 104 Å². The Morgan fingerprint density at radius 3 is 2.50 bits per heavy atom. The molecule has 1 rings (SSSR count). The van der Waals surface area contributed by atoms with Gasteiger partial charge in [0.2, 0.25) is 0 Å². The minimum Gasteiger partial charge on any atom is -0.393 e. The van der Waals surface area contributed by atoms with Gasteiger partial charge >= 0.3 is 5.69 Å². The molecule has 1 heterocycles. The number of aromatic nitrogens is 2. The second-order valence-corrected chi connectivity index (χ2v) is 4.63. The van der Waals surface area contributed by atoms with Gasteiger partial charge in [-0.3, -0.25) is 13.9 Å². The van der Waals surface area contributed by atoms with Crippen molar-refractivity contribution in [2.45, 2.75) is 19.1 Å². The van der Waals surface area contributed by atoms with Gasteiger partial charge in [0.15, 0.2) is 0 Å². The van der Waals surface area contributed by atoms with E-state index in [0.717, 1.165) is 4.57 Å². The van der Waals surface area contributed by atoms with Crippen molar-refractivity contribution in [1.29, 1.82) is 0 Å². The maximum absolute atomic E-state index is 11.6. The molecule has 18 heavy (non-hydrogen) atoms. The first-order chi connectivity index (χ1) is 8.28. The fraction of sp³-hybridized carbons (Fsp3) is 0.636.